The molecule has 6 heteroatoms. The first-order valence-corrected chi connectivity index (χ1v) is 12.2. The molecular weight excluding hydrogens is 441 g/mol. The first-order chi connectivity index (χ1) is 15.6. The summed E-state index contributed by atoms with van der Waals surface area (Å²) in [5, 5.41) is 8.17. The number of allylic oxidation sites excluding steroid dienone is 1. The number of benzene rings is 2. The summed E-state index contributed by atoms with van der Waals surface area (Å²) in [6, 6.07) is 15.7. The molecule has 1 aliphatic carbocycles. The van der Waals surface area contributed by atoms with Gasteiger partial charge in [-0.2, -0.15) is 5.10 Å². The van der Waals surface area contributed by atoms with Crippen molar-refractivity contribution in [3.63, 3.8) is 0 Å². The van der Waals surface area contributed by atoms with Gasteiger partial charge in [0.1, 0.15) is 0 Å². The Kier molecular flexibility index (Phi) is 6.36. The van der Waals surface area contributed by atoms with E-state index in [1.165, 1.54) is 18.4 Å². The van der Waals surface area contributed by atoms with Crippen molar-refractivity contribution in [2.75, 3.05) is 19.6 Å². The highest BCUT2D eigenvalue weighted by Gasteiger charge is 2.43. The van der Waals surface area contributed by atoms with Gasteiger partial charge in [0.25, 0.3) is 5.91 Å². The van der Waals surface area contributed by atoms with Gasteiger partial charge in [-0.3, -0.25) is 9.69 Å². The molecule has 2 aromatic carbocycles. The SMILES string of the molecule is O=C(CN1CCCC1)N1N=C2/C(=C\c3ccc(Cl)cc3)CCCC2C1c1ccc(Cl)cc1. The van der Waals surface area contributed by atoms with Crippen molar-refractivity contribution in [3.8, 4) is 0 Å². The monoisotopic (exact) mass is 467 g/mol. The lowest BCUT2D eigenvalue weighted by molar-refractivity contribution is -0.134. The number of likely N-dealkylation sites (tertiary alicyclic amines) is 1. The van der Waals surface area contributed by atoms with Crippen LogP contribution in [-0.4, -0.2) is 41.2 Å². The Morgan fingerprint density at radius 3 is 2.31 bits per heavy atom. The molecule has 2 heterocycles. The molecule has 2 fully saturated rings. The van der Waals surface area contributed by atoms with E-state index in [1.807, 2.05) is 48.5 Å². The van der Waals surface area contributed by atoms with Crippen LogP contribution in [-0.2, 0) is 4.79 Å². The van der Waals surface area contributed by atoms with Gasteiger partial charge in [-0.15, -0.1) is 0 Å². The number of hydrogen-bond acceptors (Lipinski definition) is 3. The van der Waals surface area contributed by atoms with Crippen LogP contribution in [0.5, 0.6) is 0 Å². The topological polar surface area (TPSA) is 35.9 Å². The Hall–Kier alpha value is -2.14. The average Bonchev–Trinajstić information content (AvgIpc) is 3.44. The molecule has 1 amide bonds. The molecule has 0 bridgehead atoms. The molecule has 4 nitrogen and oxygen atoms in total. The second kappa shape index (κ2) is 9.38. The highest BCUT2D eigenvalue weighted by Crippen LogP contribution is 2.44. The number of halogens is 2. The zero-order valence-electron chi connectivity index (χ0n) is 18.0. The highest BCUT2D eigenvalue weighted by molar-refractivity contribution is 6.30. The van der Waals surface area contributed by atoms with Crippen LogP contribution in [0.25, 0.3) is 6.08 Å². The van der Waals surface area contributed by atoms with E-state index < -0.39 is 0 Å². The van der Waals surface area contributed by atoms with E-state index in [2.05, 4.69) is 11.0 Å². The molecule has 0 spiro atoms. The third kappa shape index (κ3) is 4.50. The molecule has 5 rings (SSSR count). The summed E-state index contributed by atoms with van der Waals surface area (Å²) < 4.78 is 0. The summed E-state index contributed by atoms with van der Waals surface area (Å²) in [5.74, 6) is 0.283. The van der Waals surface area contributed by atoms with E-state index in [0.29, 0.717) is 11.6 Å². The third-order valence-corrected chi connectivity index (χ3v) is 7.24. The van der Waals surface area contributed by atoms with E-state index in [9.17, 15) is 4.79 Å². The Bertz CT molecular complexity index is 1040. The minimum absolute atomic E-state index is 0.0775. The van der Waals surface area contributed by atoms with Crippen molar-refractivity contribution in [2.45, 2.75) is 38.1 Å². The second-order valence-electron chi connectivity index (χ2n) is 8.92. The third-order valence-electron chi connectivity index (χ3n) is 6.74. The Morgan fingerprint density at radius 1 is 0.969 bits per heavy atom. The maximum atomic E-state index is 13.4. The van der Waals surface area contributed by atoms with E-state index in [0.717, 1.165) is 54.2 Å². The largest absolute Gasteiger partial charge is 0.294 e. The van der Waals surface area contributed by atoms with Gasteiger partial charge in [-0.1, -0.05) is 47.5 Å². The zero-order valence-corrected chi connectivity index (χ0v) is 19.5. The van der Waals surface area contributed by atoms with Crippen molar-refractivity contribution in [3.05, 3.63) is 75.3 Å². The van der Waals surface area contributed by atoms with Gasteiger partial charge in [0, 0.05) is 16.0 Å². The van der Waals surface area contributed by atoms with Crippen LogP contribution in [0.3, 0.4) is 0 Å². The Morgan fingerprint density at radius 2 is 1.62 bits per heavy atom. The van der Waals surface area contributed by atoms with Gasteiger partial charge in [-0.25, -0.2) is 5.01 Å². The second-order valence-corrected chi connectivity index (χ2v) is 9.80. The van der Waals surface area contributed by atoms with E-state index >= 15 is 0 Å². The summed E-state index contributed by atoms with van der Waals surface area (Å²) in [6.07, 6.45) is 7.62. The predicted molar refractivity (Wildman–Crippen MR) is 131 cm³/mol. The predicted octanol–water partition coefficient (Wildman–Crippen LogP) is 6.21. The molecule has 0 aromatic heterocycles. The minimum atomic E-state index is -0.0775. The summed E-state index contributed by atoms with van der Waals surface area (Å²) in [5.41, 5.74) is 4.48. The van der Waals surface area contributed by atoms with E-state index in [4.69, 9.17) is 28.3 Å². The van der Waals surface area contributed by atoms with Gasteiger partial charge >= 0.3 is 0 Å². The number of fused-ring (bicyclic) bond motifs is 1. The van der Waals surface area contributed by atoms with Gasteiger partial charge in [-0.05, 0) is 92.2 Å². The molecule has 32 heavy (non-hydrogen) atoms. The quantitative estimate of drug-likeness (QED) is 0.535. The van der Waals surface area contributed by atoms with Crippen LogP contribution in [0.2, 0.25) is 10.0 Å². The van der Waals surface area contributed by atoms with Crippen LogP contribution in [0.4, 0.5) is 0 Å². The average molecular weight is 468 g/mol. The number of rotatable bonds is 4. The fourth-order valence-corrected chi connectivity index (χ4v) is 5.42. The molecule has 2 unspecified atom stereocenters. The van der Waals surface area contributed by atoms with Crippen molar-refractivity contribution in [1.29, 1.82) is 0 Å². The van der Waals surface area contributed by atoms with E-state index in [-0.39, 0.29) is 17.9 Å². The van der Waals surface area contributed by atoms with Crippen LogP contribution in [0, 0.1) is 5.92 Å². The normalized spacial score (nSPS) is 24.6. The summed E-state index contributed by atoms with van der Waals surface area (Å²) in [6.45, 7) is 2.42. The number of hydrazone groups is 1. The van der Waals surface area contributed by atoms with Gasteiger partial charge in [0.2, 0.25) is 0 Å². The molecule has 166 valence electrons. The number of nitrogens with zero attached hydrogens (tertiary/aromatic N) is 3. The maximum absolute atomic E-state index is 13.4. The Balaban J connectivity index is 1.49. The van der Waals surface area contributed by atoms with Gasteiger partial charge in [0.15, 0.2) is 0 Å². The number of hydrogen-bond donors (Lipinski definition) is 0. The number of amides is 1. The van der Waals surface area contributed by atoms with Gasteiger partial charge in [0.05, 0.1) is 18.3 Å². The van der Waals surface area contributed by atoms with Crippen LogP contribution in [0.1, 0.15) is 49.3 Å². The molecule has 1 saturated carbocycles. The molecule has 2 aromatic rings. The smallest absolute Gasteiger partial charge is 0.257 e. The minimum Gasteiger partial charge on any atom is -0.294 e. The Labute approximate surface area is 199 Å². The molecule has 0 radical (unpaired) electrons. The van der Waals surface area contributed by atoms with Gasteiger partial charge < -0.3 is 0 Å². The van der Waals surface area contributed by atoms with Crippen LogP contribution < -0.4 is 0 Å². The highest BCUT2D eigenvalue weighted by atomic mass is 35.5. The number of carbonyl (C=O) groups excluding carboxylic acids is 1. The molecule has 1 saturated heterocycles. The molecule has 2 aliphatic heterocycles. The fourth-order valence-electron chi connectivity index (χ4n) is 5.16. The van der Waals surface area contributed by atoms with Crippen molar-refractivity contribution < 1.29 is 4.79 Å². The van der Waals surface area contributed by atoms with E-state index in [1.54, 1.807) is 5.01 Å². The van der Waals surface area contributed by atoms with Crippen molar-refractivity contribution in [1.82, 2.24) is 9.91 Å². The fraction of sp³-hybridized carbons (Fsp3) is 0.385. The maximum Gasteiger partial charge on any atom is 0.257 e. The summed E-state index contributed by atoms with van der Waals surface area (Å²) >= 11 is 12.2. The molecule has 3 aliphatic rings. The molecular formula is C26H27Cl2N3O. The molecule has 2 atom stereocenters. The summed E-state index contributed by atoms with van der Waals surface area (Å²) in [4.78, 5) is 15.7. The van der Waals surface area contributed by atoms with Crippen LogP contribution in [0.15, 0.2) is 59.2 Å². The lowest BCUT2D eigenvalue weighted by atomic mass is 9.77. The first-order valence-electron chi connectivity index (χ1n) is 11.4. The van der Waals surface area contributed by atoms with Crippen molar-refractivity contribution >= 4 is 40.9 Å². The van der Waals surface area contributed by atoms with Crippen molar-refractivity contribution in [2.24, 2.45) is 11.0 Å². The lowest BCUT2D eigenvalue weighted by Crippen LogP contribution is -2.38. The zero-order chi connectivity index (χ0) is 22.1. The lowest BCUT2D eigenvalue weighted by Gasteiger charge is -2.30. The summed E-state index contributed by atoms with van der Waals surface area (Å²) in [7, 11) is 0. The molecule has 0 N–H and O–H groups in total. The first kappa shape index (κ1) is 21.7. The van der Waals surface area contributed by atoms with Crippen LogP contribution >= 0.6 is 23.2 Å². The standard InChI is InChI=1S/C26H27Cl2N3O/c27-21-10-6-18(7-11-21)16-20-4-3-5-23-25(20)29-31(24(32)17-30-14-1-2-15-30)26(23)19-8-12-22(28)13-9-19/h6-13,16,23,26H,1-5,14-15,17H2/b20-16-. The number of carbonyl (C=O) groups is 1.